The molecule has 0 amide bonds. The number of rotatable bonds is 4. The average molecular weight is 351 g/mol. The highest BCUT2D eigenvalue weighted by Crippen LogP contribution is 2.48. The Bertz CT molecular complexity index is 651. The van der Waals surface area contributed by atoms with Gasteiger partial charge in [0, 0.05) is 5.41 Å². The lowest BCUT2D eigenvalue weighted by Gasteiger charge is -2.31. The average Bonchev–Trinajstić information content (AvgIpc) is 3.05. The molecule has 23 heavy (non-hydrogen) atoms. The van der Waals surface area contributed by atoms with Gasteiger partial charge in [0.25, 0.3) is 0 Å². The second-order valence-electron chi connectivity index (χ2n) is 5.99. The van der Waals surface area contributed by atoms with Crippen LogP contribution in [0, 0.1) is 0 Å². The summed E-state index contributed by atoms with van der Waals surface area (Å²) in [6, 6.07) is 12.2. The van der Waals surface area contributed by atoms with Crippen LogP contribution in [-0.4, -0.2) is 14.2 Å². The van der Waals surface area contributed by atoms with Crippen LogP contribution in [0.15, 0.2) is 36.4 Å². The van der Waals surface area contributed by atoms with Crippen molar-refractivity contribution in [3.05, 3.63) is 57.6 Å². The molecule has 0 N–H and O–H groups in total. The lowest BCUT2D eigenvalue weighted by molar-refractivity contribution is 0.413. The minimum atomic E-state index is -0.0359. The van der Waals surface area contributed by atoms with Crippen molar-refractivity contribution < 1.29 is 9.47 Å². The Kier molecular flexibility index (Phi) is 4.74. The monoisotopic (exact) mass is 350 g/mol. The van der Waals surface area contributed by atoms with Gasteiger partial charge in [-0.2, -0.15) is 0 Å². The smallest absolute Gasteiger partial charge is 0.137 e. The molecule has 1 aliphatic carbocycles. The third-order valence-electron chi connectivity index (χ3n) is 4.87. The first-order valence-electron chi connectivity index (χ1n) is 7.79. The molecule has 0 saturated heterocycles. The van der Waals surface area contributed by atoms with Crippen molar-refractivity contribution in [3.8, 4) is 11.5 Å². The molecule has 2 aromatic rings. The summed E-state index contributed by atoms with van der Waals surface area (Å²) in [7, 11) is 3.27. The van der Waals surface area contributed by atoms with Crippen LogP contribution in [-0.2, 0) is 5.41 Å². The molecule has 0 radical (unpaired) electrons. The zero-order valence-electron chi connectivity index (χ0n) is 13.4. The van der Waals surface area contributed by atoms with Crippen LogP contribution in [0.5, 0.6) is 11.5 Å². The summed E-state index contributed by atoms with van der Waals surface area (Å²) in [5.41, 5.74) is 2.41. The standard InChI is InChI=1S/C19H20Cl2O2/c1-22-17-7-5-13(11-15(17)20)19(9-3-4-10-19)14-6-8-18(23-2)16(21)12-14/h5-8,11-12H,3-4,9-10H2,1-2H3. The Morgan fingerprint density at radius 2 is 1.22 bits per heavy atom. The number of hydrogen-bond acceptors (Lipinski definition) is 2. The van der Waals surface area contributed by atoms with Crippen LogP contribution in [0.3, 0.4) is 0 Å². The van der Waals surface area contributed by atoms with Crippen molar-refractivity contribution >= 4 is 23.2 Å². The Labute approximate surface area is 147 Å². The maximum absolute atomic E-state index is 6.37. The number of ether oxygens (including phenoxy) is 2. The largest absolute Gasteiger partial charge is 0.495 e. The summed E-state index contributed by atoms with van der Waals surface area (Å²) in [6.07, 6.45) is 4.59. The van der Waals surface area contributed by atoms with Crippen molar-refractivity contribution in [2.75, 3.05) is 14.2 Å². The Balaban J connectivity index is 2.10. The van der Waals surface area contributed by atoms with Gasteiger partial charge in [0.15, 0.2) is 0 Å². The van der Waals surface area contributed by atoms with Crippen molar-refractivity contribution in [3.63, 3.8) is 0 Å². The van der Waals surface area contributed by atoms with Gasteiger partial charge in [0.05, 0.1) is 24.3 Å². The summed E-state index contributed by atoms with van der Waals surface area (Å²) >= 11 is 12.7. The van der Waals surface area contributed by atoms with Crippen molar-refractivity contribution in [1.29, 1.82) is 0 Å². The molecule has 3 rings (SSSR count). The molecule has 2 aromatic carbocycles. The van der Waals surface area contributed by atoms with Crippen LogP contribution in [0.2, 0.25) is 10.0 Å². The van der Waals surface area contributed by atoms with Gasteiger partial charge in [-0.15, -0.1) is 0 Å². The quantitative estimate of drug-likeness (QED) is 0.686. The normalized spacial score (nSPS) is 16.3. The molecule has 0 unspecified atom stereocenters. The molecule has 4 heteroatoms. The van der Waals surface area contributed by atoms with E-state index < -0.39 is 0 Å². The molecule has 2 nitrogen and oxygen atoms in total. The lowest BCUT2D eigenvalue weighted by Crippen LogP contribution is -2.23. The molecule has 1 aliphatic rings. The van der Waals surface area contributed by atoms with E-state index in [1.807, 2.05) is 24.3 Å². The van der Waals surface area contributed by atoms with Gasteiger partial charge < -0.3 is 9.47 Å². The molecule has 1 fully saturated rings. The van der Waals surface area contributed by atoms with Crippen LogP contribution in [0.25, 0.3) is 0 Å². The summed E-state index contributed by atoms with van der Waals surface area (Å²) in [4.78, 5) is 0. The number of benzene rings is 2. The molecule has 0 aromatic heterocycles. The predicted octanol–water partition coefficient (Wildman–Crippen LogP) is 5.87. The maximum atomic E-state index is 6.37. The highest BCUT2D eigenvalue weighted by Gasteiger charge is 2.38. The third kappa shape index (κ3) is 2.90. The van der Waals surface area contributed by atoms with E-state index in [1.165, 1.54) is 24.0 Å². The first-order chi connectivity index (χ1) is 11.1. The van der Waals surface area contributed by atoms with E-state index in [9.17, 15) is 0 Å². The molecule has 0 atom stereocenters. The fraction of sp³-hybridized carbons (Fsp3) is 0.368. The predicted molar refractivity (Wildman–Crippen MR) is 95.3 cm³/mol. The second kappa shape index (κ2) is 6.62. The van der Waals surface area contributed by atoms with Gasteiger partial charge in [0.1, 0.15) is 11.5 Å². The highest BCUT2D eigenvalue weighted by molar-refractivity contribution is 6.32. The van der Waals surface area contributed by atoms with Gasteiger partial charge in [-0.3, -0.25) is 0 Å². The minimum absolute atomic E-state index is 0.0359. The van der Waals surface area contributed by atoms with E-state index >= 15 is 0 Å². The highest BCUT2D eigenvalue weighted by atomic mass is 35.5. The molecular formula is C19H20Cl2O2. The van der Waals surface area contributed by atoms with Gasteiger partial charge in [-0.1, -0.05) is 48.2 Å². The first kappa shape index (κ1) is 16.5. The number of methoxy groups -OCH3 is 2. The molecule has 1 saturated carbocycles. The van der Waals surface area contributed by atoms with E-state index in [4.69, 9.17) is 32.7 Å². The number of hydrogen-bond donors (Lipinski definition) is 0. The zero-order chi connectivity index (χ0) is 16.4. The summed E-state index contributed by atoms with van der Waals surface area (Å²) in [5, 5.41) is 1.30. The van der Waals surface area contributed by atoms with E-state index in [0.717, 1.165) is 12.8 Å². The van der Waals surface area contributed by atoms with E-state index in [2.05, 4.69) is 12.1 Å². The van der Waals surface area contributed by atoms with Gasteiger partial charge in [0.2, 0.25) is 0 Å². The first-order valence-corrected chi connectivity index (χ1v) is 8.54. The topological polar surface area (TPSA) is 18.5 Å². The molecule has 0 heterocycles. The summed E-state index contributed by atoms with van der Waals surface area (Å²) in [6.45, 7) is 0. The van der Waals surface area contributed by atoms with Crippen LogP contribution in [0.4, 0.5) is 0 Å². The van der Waals surface area contributed by atoms with Crippen molar-refractivity contribution in [2.24, 2.45) is 0 Å². The SMILES string of the molecule is COc1ccc(C2(c3ccc(OC)c(Cl)c3)CCCC2)cc1Cl. The lowest BCUT2D eigenvalue weighted by atomic mass is 9.73. The number of halogens is 2. The maximum Gasteiger partial charge on any atom is 0.137 e. The Hall–Kier alpha value is -1.38. The van der Waals surface area contributed by atoms with Crippen LogP contribution in [0.1, 0.15) is 36.8 Å². The molecule has 122 valence electrons. The van der Waals surface area contributed by atoms with Gasteiger partial charge in [-0.25, -0.2) is 0 Å². The van der Waals surface area contributed by atoms with Crippen LogP contribution < -0.4 is 9.47 Å². The summed E-state index contributed by atoms with van der Waals surface area (Å²) < 4.78 is 10.6. The zero-order valence-corrected chi connectivity index (χ0v) is 14.9. The Morgan fingerprint density at radius 1 is 0.783 bits per heavy atom. The molecule has 0 bridgehead atoms. The molecule has 0 aliphatic heterocycles. The Morgan fingerprint density at radius 3 is 1.57 bits per heavy atom. The molecule has 0 spiro atoms. The fourth-order valence-corrected chi connectivity index (χ4v) is 4.17. The van der Waals surface area contributed by atoms with E-state index in [-0.39, 0.29) is 5.41 Å². The fourth-order valence-electron chi connectivity index (χ4n) is 3.65. The van der Waals surface area contributed by atoms with Crippen molar-refractivity contribution in [2.45, 2.75) is 31.1 Å². The molecular weight excluding hydrogens is 331 g/mol. The third-order valence-corrected chi connectivity index (χ3v) is 5.46. The van der Waals surface area contributed by atoms with Gasteiger partial charge in [-0.05, 0) is 48.2 Å². The minimum Gasteiger partial charge on any atom is -0.495 e. The van der Waals surface area contributed by atoms with E-state index in [1.54, 1.807) is 14.2 Å². The second-order valence-corrected chi connectivity index (χ2v) is 6.80. The van der Waals surface area contributed by atoms with Crippen LogP contribution >= 0.6 is 23.2 Å². The van der Waals surface area contributed by atoms with Crippen molar-refractivity contribution in [1.82, 2.24) is 0 Å². The van der Waals surface area contributed by atoms with E-state index in [0.29, 0.717) is 21.5 Å². The summed E-state index contributed by atoms with van der Waals surface area (Å²) in [5.74, 6) is 1.41. The van der Waals surface area contributed by atoms with Gasteiger partial charge >= 0.3 is 0 Å².